The van der Waals surface area contributed by atoms with Crippen molar-refractivity contribution >= 4 is 122 Å². The molecular formula is C79H96N22O18. The molecule has 9 heterocycles. The molecule has 7 aromatic rings. The van der Waals surface area contributed by atoms with Crippen molar-refractivity contribution in [3.63, 3.8) is 0 Å². The zero-order valence-electron chi connectivity index (χ0n) is 65.2. The number of carboxylic acids is 2. The zero-order chi connectivity index (χ0) is 86.2. The van der Waals surface area contributed by atoms with Crippen molar-refractivity contribution in [2.75, 3.05) is 13.1 Å². The fourth-order valence-electron chi connectivity index (χ4n) is 14.6. The highest BCUT2D eigenvalue weighted by Gasteiger charge is 2.44. The number of benzene rings is 4. The molecule has 0 aliphatic carbocycles. The Morgan fingerprint density at radius 1 is 0.571 bits per heavy atom. The van der Waals surface area contributed by atoms with Crippen LogP contribution in [0.4, 0.5) is 0 Å². The van der Waals surface area contributed by atoms with E-state index in [9.17, 15) is 67.7 Å². The van der Waals surface area contributed by atoms with Crippen LogP contribution < -0.4 is 92.1 Å². The second kappa shape index (κ2) is 39.0. The molecule has 6 aliphatic heterocycles. The minimum atomic E-state index is -2.02. The first-order valence-electron chi connectivity index (χ1n) is 38.4. The molecule has 119 heavy (non-hydrogen) atoms. The molecule has 40 nitrogen and oxygen atoms in total. The molecule has 4 aromatic carbocycles. The maximum atomic E-state index is 15.2. The van der Waals surface area contributed by atoms with Crippen molar-refractivity contribution in [2.45, 2.75) is 176 Å². The number of nitrogens with zero attached hydrogens (tertiary/aromatic N) is 1. The van der Waals surface area contributed by atoms with Crippen molar-refractivity contribution in [2.24, 2.45) is 28.9 Å². The summed E-state index contributed by atoms with van der Waals surface area (Å²) in [6.45, 7) is 4.90. The van der Waals surface area contributed by atoms with Gasteiger partial charge in [-0.1, -0.05) is 99.1 Å². The van der Waals surface area contributed by atoms with Crippen molar-refractivity contribution in [3.8, 4) is 0 Å². The normalized spacial score (nSPS) is 22.4. The highest BCUT2D eigenvalue weighted by atomic mass is 16.4. The Bertz CT molecular complexity index is 5030. The quantitative estimate of drug-likeness (QED) is 0.0172. The third kappa shape index (κ3) is 22.1. The first kappa shape index (κ1) is 87.3. The summed E-state index contributed by atoms with van der Waals surface area (Å²) in [6, 6.07) is 4.23. The summed E-state index contributed by atoms with van der Waals surface area (Å²) in [6.07, 6.45) is 3.66. The Hall–Kier alpha value is -14.1. The van der Waals surface area contributed by atoms with Gasteiger partial charge in [0.15, 0.2) is 5.96 Å². The number of imidazole rings is 1. The average Bonchev–Trinajstić information content (AvgIpc) is 1.18. The largest absolute Gasteiger partial charge is 0.481 e. The number of hydrogen-bond donors (Lipinski definition) is 23. The highest BCUT2D eigenvalue weighted by molar-refractivity contribution is 6.04. The number of guanidine groups is 1. The lowest BCUT2D eigenvalue weighted by Crippen LogP contribution is -2.62. The molecule has 0 radical (unpaired) electrons. The number of nitrogens with two attached hydrogens (primary N) is 4. The van der Waals surface area contributed by atoms with Crippen LogP contribution in [0.5, 0.6) is 0 Å². The number of aromatic nitrogens is 4. The first-order chi connectivity index (χ1) is 56.6. The van der Waals surface area contributed by atoms with Crippen LogP contribution in [-0.4, -0.2) is 216 Å². The minimum Gasteiger partial charge on any atom is -0.481 e. The standard InChI is InChI=1S/C79H96N22O18/c1-5-35(2)61-74(114)101-64(60(66(82)106)42-16-18-46-43(30-87-52(46)27-42)25-49(80)69(109)99-61)76(116)92-37(4)67(107)94-53-24-39-11-13-40(14-12-39)59(65(81)105)63(98-57(102)33-89-70(53)110)77(117)96-55-28-44-31-88-51-26-41(15-17-47(44)51)48(21-22-86-79(83)84)62(100-71(111)50(93-73(55)113)19-20-58(103)104)75(115)91-36(3)68(108)95-54(23-38-9-7-6-8-10-38)72(112)97-56(78(118)119)29-45-32-85-34-90-45/h6-18,26-27,30-32,34-37,48-50,53-56,59-64,87-88H,5,19-25,28-29,33,80H2,1-4H3,(H2,81,105)(H2,82,106)(H,85,90)(H,89,110)(H,91,115)(H,92,116)(H,93,113)(H,94,107)(H,95,108)(H,96,117)(H,97,112)(H,98,102)(H,99,109)(H,100,111)(H,101,114)(H,103,104)(H,118,119)(H4,83,84,86)/t35?,36?,37?,48-,49?,50?,53?,54?,55?,56?,59?,60-,61?,62?,63?,64?/m1/s1. The molecule has 14 amide bonds. The molecule has 3 aromatic heterocycles. The number of H-pyrrole nitrogens is 3. The number of aliphatic carboxylic acids is 2. The molecule has 13 rings (SSSR count). The second-order valence-corrected chi connectivity index (χ2v) is 29.8. The van der Waals surface area contributed by atoms with Gasteiger partial charge in [0, 0.05) is 85.0 Å². The Balaban J connectivity index is 0.880. The van der Waals surface area contributed by atoms with E-state index >= 15 is 19.2 Å². The van der Waals surface area contributed by atoms with E-state index in [0.717, 1.165) is 0 Å². The van der Waals surface area contributed by atoms with Gasteiger partial charge < -0.3 is 117 Å². The van der Waals surface area contributed by atoms with Gasteiger partial charge in [0.1, 0.15) is 66.5 Å². The van der Waals surface area contributed by atoms with Crippen molar-refractivity contribution < 1.29 is 86.9 Å². The van der Waals surface area contributed by atoms with Crippen LogP contribution in [0.15, 0.2) is 116 Å². The van der Waals surface area contributed by atoms with Crippen molar-refractivity contribution in [3.05, 3.63) is 161 Å². The molecule has 16 atom stereocenters. The molecule has 0 saturated carbocycles. The third-order valence-corrected chi connectivity index (χ3v) is 21.3. The molecule has 6 aliphatic rings. The average molecular weight is 1640 g/mol. The summed E-state index contributed by atoms with van der Waals surface area (Å²) >= 11 is 0. The number of aromatic amines is 3. The predicted molar refractivity (Wildman–Crippen MR) is 425 cm³/mol. The fraction of sp³-hybridized carbons (Fsp3) is 0.392. The predicted octanol–water partition coefficient (Wildman–Crippen LogP) is -4.17. The lowest BCUT2D eigenvalue weighted by Gasteiger charge is -2.32. The van der Waals surface area contributed by atoms with Gasteiger partial charge in [-0.2, -0.15) is 0 Å². The molecule has 0 spiro atoms. The van der Waals surface area contributed by atoms with Crippen LogP contribution in [-0.2, 0) is 109 Å². The summed E-state index contributed by atoms with van der Waals surface area (Å²) < 4.78 is 0. The van der Waals surface area contributed by atoms with E-state index in [1.165, 1.54) is 62.9 Å². The lowest BCUT2D eigenvalue weighted by molar-refractivity contribution is -0.142. The molecule has 630 valence electrons. The molecule has 0 fully saturated rings. The SMILES string of the molecule is CCC(C)C1NC(=O)C(N)Cc2c[nH]c3cc(ccc23)[C@@H](C(N)=O)C(C(=O)NC(C)C(=O)NC2Cc3ccc(cc3)C(C(N)=O)C(C(=O)NC3Cc4c[nH]c5cc(ccc45)[C@@H](CCNC(=N)N)C(C(=O)NC(C)C(=O)NC(Cc4ccccc4)C(=O)NC(Cc4c[nH]cn4)C(=O)O)NC(=O)C(CCC(=O)O)NC3=O)NC(=O)CNC2=O)NC1=O. The van der Waals surface area contributed by atoms with Crippen LogP contribution in [0.2, 0.25) is 0 Å². The van der Waals surface area contributed by atoms with Gasteiger partial charge in [0.2, 0.25) is 82.7 Å². The fourth-order valence-corrected chi connectivity index (χ4v) is 14.6. The first-order valence-corrected chi connectivity index (χ1v) is 38.4. The van der Waals surface area contributed by atoms with Crippen LogP contribution in [0.3, 0.4) is 0 Å². The second-order valence-electron chi connectivity index (χ2n) is 29.8. The summed E-state index contributed by atoms with van der Waals surface area (Å²) in [7, 11) is 0. The number of carbonyl (C=O) groups is 16. The zero-order valence-corrected chi connectivity index (χ0v) is 65.2. The maximum Gasteiger partial charge on any atom is 0.326 e. The summed E-state index contributed by atoms with van der Waals surface area (Å²) in [5.74, 6) is -22.8. The van der Waals surface area contributed by atoms with Gasteiger partial charge in [-0.05, 0) is 90.1 Å². The number of primary amides is 2. The minimum absolute atomic E-state index is 0.0100. The number of fused-ring (bicyclic) bond motifs is 28. The van der Waals surface area contributed by atoms with Gasteiger partial charge in [0.05, 0.1) is 36.4 Å². The van der Waals surface area contributed by atoms with E-state index in [1.54, 1.807) is 80.7 Å². The number of amides is 14. The molecule has 14 unspecified atom stereocenters. The highest BCUT2D eigenvalue weighted by Crippen LogP contribution is 2.32. The smallest absolute Gasteiger partial charge is 0.326 e. The van der Waals surface area contributed by atoms with Crippen LogP contribution in [0, 0.1) is 11.3 Å². The van der Waals surface area contributed by atoms with E-state index in [1.807, 2.05) is 0 Å². The number of hydrogen-bond acceptors (Lipinski definition) is 19. The van der Waals surface area contributed by atoms with Gasteiger partial charge in [-0.25, -0.2) is 9.78 Å². The van der Waals surface area contributed by atoms with Gasteiger partial charge in [0.25, 0.3) is 0 Å². The van der Waals surface area contributed by atoms with Crippen LogP contribution in [0.1, 0.15) is 116 Å². The van der Waals surface area contributed by atoms with E-state index < -0.39 is 223 Å². The van der Waals surface area contributed by atoms with Gasteiger partial charge in [-0.15, -0.1) is 0 Å². The molecule has 40 heteroatoms. The molecular weight excluding hydrogens is 1550 g/mol. The number of nitrogens with one attached hydrogen (secondary N) is 17. The maximum absolute atomic E-state index is 15.2. The summed E-state index contributed by atoms with van der Waals surface area (Å²) in [4.78, 5) is 240. The van der Waals surface area contributed by atoms with Crippen molar-refractivity contribution in [1.29, 1.82) is 5.41 Å². The molecule has 10 bridgehead atoms. The Labute approximate surface area is 679 Å². The molecule has 27 N–H and O–H groups in total. The van der Waals surface area contributed by atoms with Gasteiger partial charge >= 0.3 is 11.9 Å². The Morgan fingerprint density at radius 2 is 1.16 bits per heavy atom. The van der Waals surface area contributed by atoms with E-state index in [-0.39, 0.29) is 49.8 Å². The molecule has 0 saturated heterocycles. The summed E-state index contributed by atoms with van der Waals surface area (Å²) in [5.41, 5.74) is 27.8. The van der Waals surface area contributed by atoms with E-state index in [4.69, 9.17) is 28.3 Å². The van der Waals surface area contributed by atoms with E-state index in [2.05, 4.69) is 89.1 Å². The Morgan fingerprint density at radius 3 is 1.78 bits per heavy atom. The number of rotatable bonds is 27. The summed E-state index contributed by atoms with van der Waals surface area (Å²) in [5, 5.41) is 62.5. The van der Waals surface area contributed by atoms with Gasteiger partial charge in [-0.3, -0.25) is 77.3 Å². The Kier molecular flexibility index (Phi) is 28.6. The third-order valence-electron chi connectivity index (χ3n) is 21.3. The van der Waals surface area contributed by atoms with Crippen LogP contribution in [0.25, 0.3) is 21.8 Å². The number of carbonyl (C=O) groups excluding carboxylic acids is 14. The van der Waals surface area contributed by atoms with Crippen LogP contribution >= 0.6 is 0 Å². The number of carboxylic acid groups (broad SMARTS) is 2. The monoisotopic (exact) mass is 1640 g/mol. The lowest BCUT2D eigenvalue weighted by atomic mass is 9.86. The van der Waals surface area contributed by atoms with Crippen molar-refractivity contribution in [1.82, 2.24) is 89.1 Å². The van der Waals surface area contributed by atoms with E-state index in [0.29, 0.717) is 61.7 Å². The topological polar surface area (TPSA) is 658 Å².